The Morgan fingerprint density at radius 2 is 1.76 bits per heavy atom. The first-order valence-corrected chi connectivity index (χ1v) is 7.08. The number of unbranched alkanes of at least 4 members (excludes halogenated alkanes) is 3. The minimum Gasteiger partial charge on any atom is -0.469 e. The van der Waals surface area contributed by atoms with Crippen molar-refractivity contribution in [2.75, 3.05) is 27.7 Å². The van der Waals surface area contributed by atoms with E-state index in [0.29, 0.717) is 13.0 Å². The van der Waals surface area contributed by atoms with E-state index in [1.54, 1.807) is 0 Å². The summed E-state index contributed by atoms with van der Waals surface area (Å²) >= 11 is 0. The zero-order valence-corrected chi connectivity index (χ0v) is 11.5. The first-order valence-electron chi connectivity index (χ1n) is 5.64. The third kappa shape index (κ3) is 8.12. The molecule has 0 spiro atoms. The normalized spacial score (nSPS) is 11.8. The number of methoxy groups -OCH3 is 1. The summed E-state index contributed by atoms with van der Waals surface area (Å²) in [6.07, 6.45) is 3.78. The van der Waals surface area contributed by atoms with Crippen LogP contribution in [-0.4, -0.2) is 46.4 Å². The number of hydrogen-bond acceptors (Lipinski definition) is 4. The van der Waals surface area contributed by atoms with Crippen molar-refractivity contribution >= 4 is 16.2 Å². The third-order valence-corrected chi connectivity index (χ3v) is 3.83. The number of esters is 1. The van der Waals surface area contributed by atoms with Crippen LogP contribution in [-0.2, 0) is 19.7 Å². The number of ether oxygens (including phenoxy) is 1. The van der Waals surface area contributed by atoms with E-state index in [2.05, 4.69) is 9.46 Å². The molecular weight excluding hydrogens is 244 g/mol. The fraction of sp³-hybridized carbons (Fsp3) is 0.900. The predicted octanol–water partition coefficient (Wildman–Crippen LogP) is 0.506. The molecule has 0 aliphatic rings. The molecule has 0 rings (SSSR count). The van der Waals surface area contributed by atoms with Gasteiger partial charge in [-0.2, -0.15) is 12.7 Å². The van der Waals surface area contributed by atoms with Crippen molar-refractivity contribution in [1.29, 1.82) is 0 Å². The van der Waals surface area contributed by atoms with E-state index in [9.17, 15) is 13.2 Å². The summed E-state index contributed by atoms with van der Waals surface area (Å²) in [4.78, 5) is 10.8. The fourth-order valence-electron chi connectivity index (χ4n) is 1.18. The summed E-state index contributed by atoms with van der Waals surface area (Å²) in [5, 5.41) is 0. The number of carbonyl (C=O) groups excluding carboxylic acids is 1. The van der Waals surface area contributed by atoms with Gasteiger partial charge in [0.25, 0.3) is 10.2 Å². The van der Waals surface area contributed by atoms with E-state index < -0.39 is 10.2 Å². The Bertz CT molecular complexity index is 314. The Hall–Kier alpha value is -0.660. The van der Waals surface area contributed by atoms with Gasteiger partial charge >= 0.3 is 5.97 Å². The average molecular weight is 266 g/mol. The molecule has 0 bridgehead atoms. The zero-order valence-electron chi connectivity index (χ0n) is 10.7. The lowest BCUT2D eigenvalue weighted by Gasteiger charge is -2.11. The minimum atomic E-state index is -3.30. The molecule has 1 N–H and O–H groups in total. The molecule has 6 nitrogen and oxygen atoms in total. The van der Waals surface area contributed by atoms with Gasteiger partial charge < -0.3 is 4.74 Å². The number of carbonyl (C=O) groups is 1. The van der Waals surface area contributed by atoms with Crippen molar-refractivity contribution < 1.29 is 17.9 Å². The molecule has 0 atom stereocenters. The maximum atomic E-state index is 11.3. The van der Waals surface area contributed by atoms with Crippen molar-refractivity contribution in [2.24, 2.45) is 0 Å². The Morgan fingerprint density at radius 1 is 1.18 bits per heavy atom. The van der Waals surface area contributed by atoms with Gasteiger partial charge in [0.05, 0.1) is 7.11 Å². The molecule has 0 saturated heterocycles. The van der Waals surface area contributed by atoms with Gasteiger partial charge in [0, 0.05) is 27.1 Å². The van der Waals surface area contributed by atoms with Crippen LogP contribution < -0.4 is 4.72 Å². The smallest absolute Gasteiger partial charge is 0.305 e. The highest BCUT2D eigenvalue weighted by molar-refractivity contribution is 7.87. The molecule has 0 radical (unpaired) electrons. The van der Waals surface area contributed by atoms with Crippen LogP contribution in [0.1, 0.15) is 32.1 Å². The Kier molecular flexibility index (Phi) is 8.11. The van der Waals surface area contributed by atoms with Gasteiger partial charge in [-0.25, -0.2) is 4.72 Å². The summed E-state index contributed by atoms with van der Waals surface area (Å²) in [6, 6.07) is 0. The van der Waals surface area contributed by atoms with Crippen LogP contribution in [0.3, 0.4) is 0 Å². The molecule has 0 saturated carbocycles. The Balaban J connectivity index is 3.45. The van der Waals surface area contributed by atoms with Gasteiger partial charge in [0.15, 0.2) is 0 Å². The third-order valence-electron chi connectivity index (χ3n) is 2.30. The predicted molar refractivity (Wildman–Crippen MR) is 65.7 cm³/mol. The van der Waals surface area contributed by atoms with Gasteiger partial charge in [0.2, 0.25) is 0 Å². The minimum absolute atomic E-state index is 0.196. The molecule has 17 heavy (non-hydrogen) atoms. The molecular formula is C10H22N2O4S. The highest BCUT2D eigenvalue weighted by Gasteiger charge is 2.10. The highest BCUT2D eigenvalue weighted by atomic mass is 32.2. The maximum Gasteiger partial charge on any atom is 0.305 e. The molecule has 0 heterocycles. The molecule has 0 aliphatic heterocycles. The lowest BCUT2D eigenvalue weighted by Crippen LogP contribution is -2.36. The van der Waals surface area contributed by atoms with Crippen LogP contribution in [0.4, 0.5) is 0 Å². The van der Waals surface area contributed by atoms with Crippen LogP contribution in [0, 0.1) is 0 Å². The summed E-state index contributed by atoms with van der Waals surface area (Å²) in [6.45, 7) is 0.429. The zero-order chi connectivity index (χ0) is 13.3. The summed E-state index contributed by atoms with van der Waals surface area (Å²) < 4.78 is 30.7. The van der Waals surface area contributed by atoms with E-state index in [-0.39, 0.29) is 5.97 Å². The van der Waals surface area contributed by atoms with Crippen LogP contribution >= 0.6 is 0 Å². The first kappa shape index (κ1) is 16.3. The lowest BCUT2D eigenvalue weighted by atomic mass is 10.1. The molecule has 0 aromatic rings. The van der Waals surface area contributed by atoms with E-state index in [1.807, 2.05) is 0 Å². The van der Waals surface area contributed by atoms with Crippen molar-refractivity contribution in [3.05, 3.63) is 0 Å². The van der Waals surface area contributed by atoms with Crippen molar-refractivity contribution in [2.45, 2.75) is 32.1 Å². The van der Waals surface area contributed by atoms with Gasteiger partial charge in [-0.1, -0.05) is 12.8 Å². The van der Waals surface area contributed by atoms with Gasteiger partial charge in [0.1, 0.15) is 0 Å². The van der Waals surface area contributed by atoms with Crippen LogP contribution in [0.15, 0.2) is 0 Å². The first-order chi connectivity index (χ1) is 7.90. The van der Waals surface area contributed by atoms with Crippen LogP contribution in [0.5, 0.6) is 0 Å². The molecule has 102 valence electrons. The van der Waals surface area contributed by atoms with Crippen molar-refractivity contribution in [1.82, 2.24) is 9.03 Å². The quantitative estimate of drug-likeness (QED) is 0.487. The standard InChI is InChI=1S/C10H22N2O4S/c1-12(2)17(14,15)11-9-7-5-4-6-8-10(13)16-3/h11H,4-9H2,1-3H3. The fourth-order valence-corrected chi connectivity index (χ4v) is 1.84. The van der Waals surface area contributed by atoms with Crippen molar-refractivity contribution in [3.8, 4) is 0 Å². The lowest BCUT2D eigenvalue weighted by molar-refractivity contribution is -0.140. The van der Waals surface area contributed by atoms with E-state index in [0.717, 1.165) is 30.0 Å². The Labute approximate surface area is 104 Å². The van der Waals surface area contributed by atoms with Gasteiger partial charge in [-0.3, -0.25) is 4.79 Å². The second-order valence-electron chi connectivity index (χ2n) is 3.92. The second-order valence-corrected chi connectivity index (χ2v) is 5.89. The average Bonchev–Trinajstić information content (AvgIpc) is 2.27. The maximum absolute atomic E-state index is 11.3. The van der Waals surface area contributed by atoms with E-state index >= 15 is 0 Å². The number of nitrogens with zero attached hydrogens (tertiary/aromatic N) is 1. The molecule has 0 fully saturated rings. The molecule has 0 amide bonds. The number of hydrogen-bond donors (Lipinski definition) is 1. The second kappa shape index (κ2) is 8.43. The topological polar surface area (TPSA) is 75.7 Å². The summed E-state index contributed by atoms with van der Waals surface area (Å²) in [7, 11) is 1.04. The van der Waals surface area contributed by atoms with E-state index in [4.69, 9.17) is 0 Å². The SMILES string of the molecule is COC(=O)CCCCCCNS(=O)(=O)N(C)C. The molecule has 0 aromatic carbocycles. The highest BCUT2D eigenvalue weighted by Crippen LogP contribution is 2.03. The number of nitrogens with one attached hydrogen (secondary N) is 1. The van der Waals surface area contributed by atoms with Gasteiger partial charge in [-0.15, -0.1) is 0 Å². The van der Waals surface area contributed by atoms with E-state index in [1.165, 1.54) is 21.2 Å². The van der Waals surface area contributed by atoms with Crippen molar-refractivity contribution in [3.63, 3.8) is 0 Å². The molecule has 0 aliphatic carbocycles. The summed E-state index contributed by atoms with van der Waals surface area (Å²) in [5.74, 6) is -0.196. The molecule has 0 unspecified atom stereocenters. The monoisotopic (exact) mass is 266 g/mol. The Morgan fingerprint density at radius 3 is 2.29 bits per heavy atom. The molecule has 0 aromatic heterocycles. The largest absolute Gasteiger partial charge is 0.469 e. The van der Waals surface area contributed by atoms with Crippen LogP contribution in [0.2, 0.25) is 0 Å². The molecule has 7 heteroatoms. The van der Waals surface area contributed by atoms with Crippen LogP contribution in [0.25, 0.3) is 0 Å². The summed E-state index contributed by atoms with van der Waals surface area (Å²) in [5.41, 5.74) is 0. The van der Waals surface area contributed by atoms with Gasteiger partial charge in [-0.05, 0) is 12.8 Å². The number of rotatable bonds is 9.